The maximum Gasteiger partial charge on any atom is 0.256 e. The Morgan fingerprint density at radius 2 is 1.82 bits per heavy atom. The summed E-state index contributed by atoms with van der Waals surface area (Å²) < 4.78 is 0. The van der Waals surface area contributed by atoms with Gasteiger partial charge in [-0.05, 0) is 80.0 Å². The summed E-state index contributed by atoms with van der Waals surface area (Å²) >= 11 is 6.18. The summed E-state index contributed by atoms with van der Waals surface area (Å²) in [6.07, 6.45) is 7.73. The molecule has 0 bridgehead atoms. The zero-order valence-corrected chi connectivity index (χ0v) is 22.3. The molecule has 3 amide bonds. The smallest absolute Gasteiger partial charge is 0.256 e. The van der Waals surface area contributed by atoms with Gasteiger partial charge in [0, 0.05) is 48.5 Å². The van der Waals surface area contributed by atoms with Crippen molar-refractivity contribution in [2.45, 2.75) is 44.6 Å². The van der Waals surface area contributed by atoms with Crippen LogP contribution in [0.4, 0.5) is 11.5 Å². The van der Waals surface area contributed by atoms with E-state index in [1.807, 2.05) is 35.2 Å². The van der Waals surface area contributed by atoms with Gasteiger partial charge in [0.25, 0.3) is 5.91 Å². The molecule has 0 radical (unpaired) electrons. The Balaban J connectivity index is 1.18. The van der Waals surface area contributed by atoms with Crippen molar-refractivity contribution in [1.29, 1.82) is 0 Å². The van der Waals surface area contributed by atoms with Gasteiger partial charge in [0.2, 0.25) is 11.8 Å². The number of hydrogen-bond donors (Lipinski definition) is 1. The molecule has 200 valence electrons. The number of nitrogens with zero attached hydrogens (tertiary/aromatic N) is 4. The van der Waals surface area contributed by atoms with E-state index in [2.05, 4.69) is 15.3 Å². The second kappa shape index (κ2) is 10.8. The van der Waals surface area contributed by atoms with E-state index in [0.29, 0.717) is 35.8 Å². The summed E-state index contributed by atoms with van der Waals surface area (Å²) in [5.41, 5.74) is 2.73. The van der Waals surface area contributed by atoms with Gasteiger partial charge in [0.1, 0.15) is 11.9 Å². The van der Waals surface area contributed by atoms with E-state index in [4.69, 9.17) is 11.6 Å². The fraction of sp³-hybridized carbons (Fsp3) is 0.367. The van der Waals surface area contributed by atoms with Gasteiger partial charge in [-0.25, -0.2) is 4.98 Å². The molecule has 1 aliphatic carbocycles. The number of rotatable bonds is 5. The lowest BCUT2D eigenvalue weighted by molar-refractivity contribution is -0.123. The molecular formula is C30H30ClN5O3. The summed E-state index contributed by atoms with van der Waals surface area (Å²) in [5.74, 6) is 0.634. The van der Waals surface area contributed by atoms with Crippen molar-refractivity contribution in [3.8, 4) is 0 Å². The molecule has 1 atom stereocenters. The highest BCUT2D eigenvalue weighted by molar-refractivity contribution is 6.31. The van der Waals surface area contributed by atoms with Crippen molar-refractivity contribution in [2.24, 2.45) is 11.8 Å². The number of anilines is 2. The standard InChI is InChI=1S/C30H30ClN5O3/c31-22-10-11-24-25(16-22)34-28(37)26(17-23-5-1-2-13-32-23)36(30(24)39)18-19-6-8-21(9-7-19)29(38)35-15-12-20-4-3-14-33-27(20)35/h1-5,10-11,13-14,16,19,21,26H,6-9,12,15,17-18H2,(H,34,37)/t19-,21-,26-/m1/s1. The number of aromatic nitrogens is 2. The fourth-order valence-electron chi connectivity index (χ4n) is 6.10. The van der Waals surface area contributed by atoms with Gasteiger partial charge in [-0.1, -0.05) is 23.7 Å². The predicted molar refractivity (Wildman–Crippen MR) is 149 cm³/mol. The number of carbonyl (C=O) groups excluding carboxylic acids is 3. The average Bonchev–Trinajstić information content (AvgIpc) is 3.36. The van der Waals surface area contributed by atoms with Crippen LogP contribution in [-0.4, -0.2) is 51.7 Å². The monoisotopic (exact) mass is 543 g/mol. The van der Waals surface area contributed by atoms with Crippen molar-refractivity contribution in [3.63, 3.8) is 0 Å². The third kappa shape index (κ3) is 5.13. The van der Waals surface area contributed by atoms with E-state index in [1.165, 1.54) is 0 Å². The Kier molecular flexibility index (Phi) is 7.04. The highest BCUT2D eigenvalue weighted by Gasteiger charge is 2.39. The topological polar surface area (TPSA) is 95.5 Å². The van der Waals surface area contributed by atoms with Crippen molar-refractivity contribution >= 4 is 40.8 Å². The van der Waals surface area contributed by atoms with Gasteiger partial charge in [-0.3, -0.25) is 24.3 Å². The van der Waals surface area contributed by atoms with E-state index in [1.54, 1.807) is 35.5 Å². The minimum absolute atomic E-state index is 0.0514. The molecule has 1 saturated carbocycles. The summed E-state index contributed by atoms with van der Waals surface area (Å²) in [4.78, 5) is 53.1. The SMILES string of the molecule is O=C1Nc2cc(Cl)ccc2C(=O)N(C[C@H]2CC[C@H](C(=O)N3CCc4cccnc43)CC2)[C@@H]1Cc1ccccn1. The third-order valence-electron chi connectivity index (χ3n) is 8.18. The van der Waals surface area contributed by atoms with Gasteiger partial charge in [-0.2, -0.15) is 0 Å². The van der Waals surface area contributed by atoms with Gasteiger partial charge in [-0.15, -0.1) is 0 Å². The van der Waals surface area contributed by atoms with Crippen molar-refractivity contribution in [2.75, 3.05) is 23.3 Å². The molecule has 0 spiro atoms. The Morgan fingerprint density at radius 3 is 2.62 bits per heavy atom. The van der Waals surface area contributed by atoms with E-state index >= 15 is 0 Å². The molecule has 6 rings (SSSR count). The van der Waals surface area contributed by atoms with Crippen LogP contribution in [0.15, 0.2) is 60.9 Å². The van der Waals surface area contributed by atoms with Crippen LogP contribution in [0.5, 0.6) is 0 Å². The number of amides is 3. The molecule has 3 aromatic rings. The minimum atomic E-state index is -0.704. The second-order valence-electron chi connectivity index (χ2n) is 10.6. The molecule has 4 heterocycles. The molecule has 2 aromatic heterocycles. The highest BCUT2D eigenvalue weighted by atomic mass is 35.5. The summed E-state index contributed by atoms with van der Waals surface area (Å²) in [7, 11) is 0. The lowest BCUT2D eigenvalue weighted by atomic mass is 9.80. The largest absolute Gasteiger partial charge is 0.326 e. The van der Waals surface area contributed by atoms with Crippen LogP contribution < -0.4 is 10.2 Å². The molecular weight excluding hydrogens is 514 g/mol. The van der Waals surface area contributed by atoms with Gasteiger partial charge >= 0.3 is 0 Å². The van der Waals surface area contributed by atoms with Crippen LogP contribution in [0.25, 0.3) is 0 Å². The maximum atomic E-state index is 13.8. The first-order valence-corrected chi connectivity index (χ1v) is 13.9. The van der Waals surface area contributed by atoms with Crippen molar-refractivity contribution in [1.82, 2.24) is 14.9 Å². The molecule has 2 aliphatic heterocycles. The van der Waals surface area contributed by atoms with Crippen LogP contribution in [0.1, 0.15) is 47.3 Å². The molecule has 3 aliphatic rings. The Morgan fingerprint density at radius 1 is 1.00 bits per heavy atom. The van der Waals surface area contributed by atoms with Crippen LogP contribution in [0.2, 0.25) is 5.02 Å². The molecule has 39 heavy (non-hydrogen) atoms. The van der Waals surface area contributed by atoms with Gasteiger partial charge < -0.3 is 10.2 Å². The van der Waals surface area contributed by atoms with Crippen LogP contribution in [0, 0.1) is 11.8 Å². The van der Waals surface area contributed by atoms with E-state index in [9.17, 15) is 14.4 Å². The number of halogens is 1. The lowest BCUT2D eigenvalue weighted by Crippen LogP contribution is -2.49. The Hall–Kier alpha value is -3.78. The quantitative estimate of drug-likeness (QED) is 0.510. The summed E-state index contributed by atoms with van der Waals surface area (Å²) in [6, 6.07) is 13.8. The normalized spacial score (nSPS) is 22.6. The Labute approximate surface area is 232 Å². The number of pyridine rings is 2. The first kappa shape index (κ1) is 25.5. The predicted octanol–water partition coefficient (Wildman–Crippen LogP) is 4.53. The molecule has 0 saturated heterocycles. The minimum Gasteiger partial charge on any atom is -0.326 e. The average molecular weight is 544 g/mol. The van der Waals surface area contributed by atoms with Crippen molar-refractivity contribution < 1.29 is 14.4 Å². The van der Waals surface area contributed by atoms with E-state index < -0.39 is 6.04 Å². The maximum absolute atomic E-state index is 13.8. The lowest BCUT2D eigenvalue weighted by Gasteiger charge is -2.35. The van der Waals surface area contributed by atoms with Gasteiger partial charge in [0.15, 0.2) is 0 Å². The van der Waals surface area contributed by atoms with Gasteiger partial charge in [0.05, 0.1) is 11.3 Å². The van der Waals surface area contributed by atoms with Crippen LogP contribution in [0.3, 0.4) is 0 Å². The summed E-state index contributed by atoms with van der Waals surface area (Å²) in [6.45, 7) is 1.13. The number of hydrogen-bond acceptors (Lipinski definition) is 5. The highest BCUT2D eigenvalue weighted by Crippen LogP contribution is 2.35. The summed E-state index contributed by atoms with van der Waals surface area (Å²) in [5, 5.41) is 3.38. The van der Waals surface area contributed by atoms with Crippen molar-refractivity contribution in [3.05, 3.63) is 82.8 Å². The zero-order chi connectivity index (χ0) is 26.9. The van der Waals surface area contributed by atoms with E-state index in [-0.39, 0.29) is 29.6 Å². The molecule has 1 N–H and O–H groups in total. The Bertz CT molecular complexity index is 1410. The fourth-order valence-corrected chi connectivity index (χ4v) is 6.27. The molecule has 1 aromatic carbocycles. The first-order chi connectivity index (χ1) is 19.0. The molecule has 8 nitrogen and oxygen atoms in total. The van der Waals surface area contributed by atoms with E-state index in [0.717, 1.165) is 49.2 Å². The molecule has 9 heteroatoms. The number of benzene rings is 1. The number of carbonyl (C=O) groups is 3. The first-order valence-electron chi connectivity index (χ1n) is 13.5. The zero-order valence-electron chi connectivity index (χ0n) is 21.6. The van der Waals surface area contributed by atoms with Crippen LogP contribution in [-0.2, 0) is 22.4 Å². The number of nitrogens with one attached hydrogen (secondary N) is 1. The molecule has 1 fully saturated rings. The second-order valence-corrected chi connectivity index (χ2v) is 11.1. The third-order valence-corrected chi connectivity index (χ3v) is 8.42. The van der Waals surface area contributed by atoms with Crippen LogP contribution >= 0.6 is 11.6 Å². The number of fused-ring (bicyclic) bond motifs is 2. The molecule has 0 unspecified atom stereocenters.